The van der Waals surface area contributed by atoms with Gasteiger partial charge >= 0.3 is 0 Å². The van der Waals surface area contributed by atoms with E-state index in [1.807, 2.05) is 18.0 Å². The van der Waals surface area contributed by atoms with Gasteiger partial charge in [-0.25, -0.2) is 4.39 Å². The first kappa shape index (κ1) is 13.0. The molecular formula is C13H21FN2. The Bertz CT molecular complexity index is 352. The van der Waals surface area contributed by atoms with Crippen molar-refractivity contribution in [2.75, 3.05) is 18.5 Å². The van der Waals surface area contributed by atoms with E-state index in [0.29, 0.717) is 18.2 Å². The Balaban J connectivity index is 3.10. The lowest BCUT2D eigenvalue weighted by molar-refractivity contribution is 0.330. The Kier molecular flexibility index (Phi) is 3.92. The van der Waals surface area contributed by atoms with E-state index in [9.17, 15) is 4.39 Å². The third-order valence-corrected chi connectivity index (χ3v) is 3.64. The van der Waals surface area contributed by atoms with E-state index in [0.717, 1.165) is 0 Å². The van der Waals surface area contributed by atoms with Crippen molar-refractivity contribution in [1.29, 1.82) is 0 Å². The molecule has 1 rings (SSSR count). The third-order valence-electron chi connectivity index (χ3n) is 3.64. The van der Waals surface area contributed by atoms with Crippen molar-refractivity contribution >= 4 is 5.69 Å². The van der Waals surface area contributed by atoms with Crippen LogP contribution in [-0.4, -0.2) is 19.1 Å². The van der Waals surface area contributed by atoms with Gasteiger partial charge in [0.15, 0.2) is 0 Å². The van der Waals surface area contributed by atoms with Crippen molar-refractivity contribution in [3.8, 4) is 0 Å². The summed E-state index contributed by atoms with van der Waals surface area (Å²) in [6.45, 7) is 6.76. The van der Waals surface area contributed by atoms with E-state index in [2.05, 4.69) is 20.8 Å². The van der Waals surface area contributed by atoms with Crippen molar-refractivity contribution in [3.05, 3.63) is 30.1 Å². The normalized spacial score (nSPS) is 14.9. The molecule has 1 aromatic rings. The van der Waals surface area contributed by atoms with Crippen LogP contribution < -0.4 is 10.6 Å². The average Bonchev–Trinajstić information content (AvgIpc) is 2.27. The molecule has 3 heteroatoms. The molecule has 0 aliphatic carbocycles. The van der Waals surface area contributed by atoms with Gasteiger partial charge in [0.1, 0.15) is 5.82 Å². The molecule has 1 atom stereocenters. The van der Waals surface area contributed by atoms with Gasteiger partial charge in [-0.05, 0) is 25.0 Å². The lowest BCUT2D eigenvalue weighted by atomic mass is 9.86. The van der Waals surface area contributed by atoms with Crippen LogP contribution in [0.3, 0.4) is 0 Å². The van der Waals surface area contributed by atoms with E-state index in [4.69, 9.17) is 5.73 Å². The smallest absolute Gasteiger partial charge is 0.146 e. The highest BCUT2D eigenvalue weighted by Crippen LogP contribution is 2.29. The molecule has 0 aliphatic heterocycles. The SMILES string of the molecule is CC(C)C(C)(CN)N(C)c1ccccc1F. The van der Waals surface area contributed by atoms with Crippen LogP contribution in [-0.2, 0) is 0 Å². The van der Waals surface area contributed by atoms with Crippen LogP contribution in [0.2, 0.25) is 0 Å². The van der Waals surface area contributed by atoms with Gasteiger partial charge in [0.25, 0.3) is 0 Å². The highest BCUT2D eigenvalue weighted by molar-refractivity contribution is 5.49. The maximum Gasteiger partial charge on any atom is 0.146 e. The molecule has 0 heterocycles. The van der Waals surface area contributed by atoms with Crippen LogP contribution in [0.15, 0.2) is 24.3 Å². The Labute approximate surface area is 97.3 Å². The molecule has 1 aromatic carbocycles. The van der Waals surface area contributed by atoms with Gasteiger partial charge in [-0.2, -0.15) is 0 Å². The van der Waals surface area contributed by atoms with Crippen molar-refractivity contribution in [1.82, 2.24) is 0 Å². The maximum atomic E-state index is 13.7. The fourth-order valence-corrected chi connectivity index (χ4v) is 1.76. The number of nitrogens with zero attached hydrogens (tertiary/aromatic N) is 1. The molecule has 0 fully saturated rings. The first-order valence-corrected chi connectivity index (χ1v) is 5.62. The summed E-state index contributed by atoms with van der Waals surface area (Å²) in [6.07, 6.45) is 0. The Hall–Kier alpha value is -1.09. The Morgan fingerprint density at radius 2 is 1.94 bits per heavy atom. The van der Waals surface area contributed by atoms with Crippen molar-refractivity contribution in [2.24, 2.45) is 11.7 Å². The van der Waals surface area contributed by atoms with Crippen LogP contribution in [0, 0.1) is 11.7 Å². The fourth-order valence-electron chi connectivity index (χ4n) is 1.76. The minimum absolute atomic E-state index is 0.203. The number of likely N-dealkylation sites (N-methyl/N-ethyl adjacent to an activating group) is 1. The van der Waals surface area contributed by atoms with Gasteiger partial charge in [-0.3, -0.25) is 0 Å². The van der Waals surface area contributed by atoms with Gasteiger partial charge in [0, 0.05) is 13.6 Å². The number of hydrogen-bond acceptors (Lipinski definition) is 2. The van der Waals surface area contributed by atoms with E-state index in [-0.39, 0.29) is 11.4 Å². The van der Waals surface area contributed by atoms with Gasteiger partial charge < -0.3 is 10.6 Å². The van der Waals surface area contributed by atoms with Crippen LogP contribution in [0.4, 0.5) is 10.1 Å². The Morgan fingerprint density at radius 1 is 1.38 bits per heavy atom. The summed E-state index contributed by atoms with van der Waals surface area (Å²) >= 11 is 0. The highest BCUT2D eigenvalue weighted by Gasteiger charge is 2.32. The standard InChI is InChI=1S/C13H21FN2/c1-10(2)13(3,9-15)16(4)12-8-6-5-7-11(12)14/h5-8,10H,9,15H2,1-4H3. The topological polar surface area (TPSA) is 29.3 Å². The van der Waals surface area contributed by atoms with Gasteiger partial charge in [0.05, 0.1) is 11.2 Å². The Morgan fingerprint density at radius 3 is 2.38 bits per heavy atom. The number of para-hydroxylation sites is 1. The number of benzene rings is 1. The number of rotatable bonds is 4. The summed E-state index contributed by atoms with van der Waals surface area (Å²) in [5, 5.41) is 0. The molecule has 0 aromatic heterocycles. The first-order chi connectivity index (χ1) is 7.43. The number of anilines is 1. The van der Waals surface area contributed by atoms with Crippen molar-refractivity contribution in [3.63, 3.8) is 0 Å². The zero-order chi connectivity index (χ0) is 12.3. The molecule has 0 radical (unpaired) electrons. The maximum absolute atomic E-state index is 13.7. The minimum Gasteiger partial charge on any atom is -0.365 e. The molecule has 1 unspecified atom stereocenters. The lowest BCUT2D eigenvalue weighted by Crippen LogP contribution is -2.54. The van der Waals surface area contributed by atoms with Crippen LogP contribution >= 0.6 is 0 Å². The van der Waals surface area contributed by atoms with E-state index < -0.39 is 0 Å². The highest BCUT2D eigenvalue weighted by atomic mass is 19.1. The second-order valence-corrected chi connectivity index (χ2v) is 4.73. The molecule has 0 spiro atoms. The van der Waals surface area contributed by atoms with Gasteiger partial charge in [0.2, 0.25) is 0 Å². The summed E-state index contributed by atoms with van der Waals surface area (Å²) in [7, 11) is 1.89. The van der Waals surface area contributed by atoms with E-state index in [1.165, 1.54) is 6.07 Å². The molecule has 0 aliphatic rings. The van der Waals surface area contributed by atoms with E-state index >= 15 is 0 Å². The largest absolute Gasteiger partial charge is 0.365 e. The average molecular weight is 224 g/mol. The lowest BCUT2D eigenvalue weighted by Gasteiger charge is -2.43. The van der Waals surface area contributed by atoms with E-state index in [1.54, 1.807) is 12.1 Å². The molecule has 90 valence electrons. The zero-order valence-electron chi connectivity index (χ0n) is 10.5. The molecule has 2 N–H and O–H groups in total. The van der Waals surface area contributed by atoms with Crippen LogP contribution in [0.1, 0.15) is 20.8 Å². The van der Waals surface area contributed by atoms with Crippen molar-refractivity contribution in [2.45, 2.75) is 26.3 Å². The quantitative estimate of drug-likeness (QED) is 0.852. The molecule has 0 bridgehead atoms. The molecule has 16 heavy (non-hydrogen) atoms. The second kappa shape index (κ2) is 4.83. The number of nitrogens with two attached hydrogens (primary N) is 1. The number of halogens is 1. The summed E-state index contributed by atoms with van der Waals surface area (Å²) < 4.78 is 13.7. The number of hydrogen-bond donors (Lipinski definition) is 1. The summed E-state index contributed by atoms with van der Waals surface area (Å²) in [6, 6.07) is 6.79. The third kappa shape index (κ3) is 2.19. The second-order valence-electron chi connectivity index (χ2n) is 4.73. The predicted octanol–water partition coefficient (Wildman–Crippen LogP) is 2.64. The fraction of sp³-hybridized carbons (Fsp3) is 0.538. The first-order valence-electron chi connectivity index (χ1n) is 5.62. The summed E-state index contributed by atoms with van der Waals surface area (Å²) in [5.41, 5.74) is 6.20. The van der Waals surface area contributed by atoms with Crippen LogP contribution in [0.5, 0.6) is 0 Å². The monoisotopic (exact) mass is 224 g/mol. The summed E-state index contributed by atoms with van der Waals surface area (Å²) in [5.74, 6) is 0.146. The molecule has 0 saturated carbocycles. The molecule has 0 amide bonds. The van der Waals surface area contributed by atoms with Gasteiger partial charge in [-0.15, -0.1) is 0 Å². The van der Waals surface area contributed by atoms with Gasteiger partial charge in [-0.1, -0.05) is 26.0 Å². The minimum atomic E-state index is -0.234. The molecule has 0 saturated heterocycles. The zero-order valence-corrected chi connectivity index (χ0v) is 10.5. The summed E-state index contributed by atoms with van der Waals surface area (Å²) in [4.78, 5) is 1.94. The predicted molar refractivity (Wildman–Crippen MR) is 67.1 cm³/mol. The molecule has 2 nitrogen and oxygen atoms in total. The van der Waals surface area contributed by atoms with Crippen molar-refractivity contribution < 1.29 is 4.39 Å². The molecular weight excluding hydrogens is 203 g/mol. The van der Waals surface area contributed by atoms with Crippen LogP contribution in [0.25, 0.3) is 0 Å².